The van der Waals surface area contributed by atoms with E-state index in [1.807, 2.05) is 0 Å². The lowest BCUT2D eigenvalue weighted by Crippen LogP contribution is -2.62. The number of likely N-dealkylation sites (N-methyl/N-ethyl adjacent to an activating group) is 3. The Morgan fingerprint density at radius 2 is 1.11 bits per heavy atom. The lowest BCUT2D eigenvalue weighted by atomic mass is 10.00. The molecule has 0 radical (unpaired) electrons. The van der Waals surface area contributed by atoms with Gasteiger partial charge < -0.3 is 136 Å². The third-order valence-electron chi connectivity index (χ3n) is 23.5. The number of aromatic hydroxyl groups is 1. The highest BCUT2D eigenvalue weighted by Crippen LogP contribution is 2.29. The molecule has 3 saturated heterocycles. The molecule has 46 heteroatoms. The van der Waals surface area contributed by atoms with Gasteiger partial charge in [0.15, 0.2) is 0 Å². The Hall–Kier alpha value is -13.3. The highest BCUT2D eigenvalue weighted by atomic mass is 32.2. The summed E-state index contributed by atoms with van der Waals surface area (Å²) in [5.74, 6) is -20.8. The number of phenols is 1. The molecule has 2 aromatic heterocycles. The molecule has 0 spiro atoms. The number of hydrogen-bond acceptors (Lipinski definition) is 25. The number of carboxylic acids is 1. The quantitative estimate of drug-likeness (QED) is 0.0245. The third kappa shape index (κ3) is 28.8. The highest BCUT2D eigenvalue weighted by Gasteiger charge is 2.47. The van der Waals surface area contributed by atoms with Gasteiger partial charge in [-0.1, -0.05) is 88.1 Å². The van der Waals surface area contributed by atoms with Crippen molar-refractivity contribution in [2.75, 3.05) is 72.0 Å². The molecule has 0 bridgehead atoms. The minimum atomic E-state index is -2.00. The molecule has 133 heavy (non-hydrogen) atoms. The molecular weight excluding hydrogens is 1750 g/mol. The van der Waals surface area contributed by atoms with Crippen LogP contribution in [0.4, 0.5) is 0 Å². The molecule has 0 unspecified atom stereocenters. The number of primary amides is 3. The van der Waals surface area contributed by atoms with Gasteiger partial charge in [0, 0.05) is 113 Å². The molecule has 3 aromatic carbocycles. The number of benzene rings is 3. The second kappa shape index (κ2) is 49.8. The van der Waals surface area contributed by atoms with E-state index in [9.17, 15) is 78.0 Å². The van der Waals surface area contributed by atoms with Crippen LogP contribution >= 0.6 is 11.8 Å². The Morgan fingerprint density at radius 1 is 0.541 bits per heavy atom. The topological polar surface area (TPSA) is 693 Å². The Morgan fingerprint density at radius 3 is 1.75 bits per heavy atom. The number of unbranched alkanes of at least 4 members (excludes halogenated alkanes) is 2. The average molecular weight is 1880 g/mol. The normalized spacial score (nSPS) is 24.9. The van der Waals surface area contributed by atoms with Crippen LogP contribution in [0.1, 0.15) is 121 Å². The van der Waals surface area contributed by atoms with Gasteiger partial charge in [0.25, 0.3) is 0 Å². The number of H-pyrrole nitrogens is 1. The summed E-state index contributed by atoms with van der Waals surface area (Å²) in [5.41, 5.74) is 30.9. The van der Waals surface area contributed by atoms with E-state index in [4.69, 9.17) is 28.7 Å². The molecule has 5 aromatic rings. The fraction of sp³-hybridized carbons (Fsp3) is 0.529. The van der Waals surface area contributed by atoms with Crippen LogP contribution in [0.25, 0.3) is 21.8 Å². The number of amides is 18. The van der Waals surface area contributed by atoms with E-state index < -0.39 is 279 Å². The van der Waals surface area contributed by atoms with Gasteiger partial charge in [0.1, 0.15) is 96.9 Å². The summed E-state index contributed by atoms with van der Waals surface area (Å²) in [6, 6.07) is -4.31. The molecule has 3 fully saturated rings. The van der Waals surface area contributed by atoms with Crippen molar-refractivity contribution in [1.82, 2.24) is 87.2 Å². The first-order valence-corrected chi connectivity index (χ1v) is 45.0. The number of aliphatic carboxylic acids is 1. The van der Waals surface area contributed by atoms with Crippen LogP contribution in [-0.2, 0) is 117 Å². The molecule has 45 nitrogen and oxygen atoms in total. The zero-order valence-electron chi connectivity index (χ0n) is 74.9. The van der Waals surface area contributed by atoms with E-state index in [2.05, 4.69) is 58.2 Å². The zero-order chi connectivity index (χ0) is 97.8. The summed E-state index contributed by atoms with van der Waals surface area (Å²) in [5, 5.41) is 69.1. The fourth-order valence-electron chi connectivity index (χ4n) is 16.1. The third-order valence-corrected chi connectivity index (χ3v) is 24.6. The SMILES string of the molecule is CCCC[C@H]1C(=O)N(C)[C@@H](CCCC)C(=O)N[C@@H](CCN)C(=O)N[C@H](C(=O)NCC(N)=O)CSCC(=O)N[C@@H](Cc2ccc(O)cc2)C(=O)N(C)[C@@H](C)C(=O)N[C@@H](CC(N)=O)C(=O)N2CCC[C@H]2C(=O)N[C@@H](CN)C(=O)N[C@@H](CCC(N)=O)C(=O)N2C[C@H](O)C[C@H]2C(=O)N[C@@H](Cc2c[nH]c3ccccc23)C(=O)N[C@@H](CO)C(=O)N[C@@H](Cc2cn(CC(=O)O)c3ccccc23)C(=O)N1C. The fourth-order valence-corrected chi connectivity index (χ4v) is 17.0. The summed E-state index contributed by atoms with van der Waals surface area (Å²) in [4.78, 5) is 280. The number of carbonyl (C=O) groups excluding carboxylic acids is 18. The number of rotatable bonds is 26. The van der Waals surface area contributed by atoms with Gasteiger partial charge in [-0.15, -0.1) is 11.8 Å². The Kier molecular flexibility index (Phi) is 39.3. The summed E-state index contributed by atoms with van der Waals surface area (Å²) in [6.45, 7) is 0.632. The lowest BCUT2D eigenvalue weighted by molar-refractivity contribution is -0.149. The Balaban J connectivity index is 1.20. The van der Waals surface area contributed by atoms with Crippen molar-refractivity contribution in [2.24, 2.45) is 28.7 Å². The highest BCUT2D eigenvalue weighted by molar-refractivity contribution is 8.00. The van der Waals surface area contributed by atoms with E-state index in [0.717, 1.165) is 36.3 Å². The molecule has 0 saturated carbocycles. The first-order chi connectivity index (χ1) is 63.2. The second-order valence-electron chi connectivity index (χ2n) is 33.2. The van der Waals surface area contributed by atoms with Crippen LogP contribution in [0.15, 0.2) is 85.2 Å². The summed E-state index contributed by atoms with van der Waals surface area (Å²) >= 11 is 0.741. The number of carbonyl (C=O) groups is 19. The van der Waals surface area contributed by atoms with Crippen LogP contribution < -0.4 is 81.8 Å². The molecule has 724 valence electrons. The molecule has 8 rings (SSSR count). The van der Waals surface area contributed by atoms with Gasteiger partial charge in [-0.05, 0) is 92.9 Å². The molecule has 25 N–H and O–H groups in total. The van der Waals surface area contributed by atoms with Crippen molar-refractivity contribution >= 4 is 146 Å². The molecule has 15 atom stereocenters. The number of aliphatic hydroxyl groups is 2. The van der Waals surface area contributed by atoms with Crippen LogP contribution in [0.2, 0.25) is 0 Å². The number of fused-ring (bicyclic) bond motifs is 4. The van der Waals surface area contributed by atoms with Crippen LogP contribution in [-0.4, -0.2) is 329 Å². The van der Waals surface area contributed by atoms with Gasteiger partial charge in [-0.25, -0.2) is 0 Å². The van der Waals surface area contributed by atoms with Crippen LogP contribution in [0, 0.1) is 0 Å². The lowest BCUT2D eigenvalue weighted by Gasteiger charge is -2.36. The molecular formula is C87H122N22O23S. The molecule has 3 aliphatic heterocycles. The first kappa shape index (κ1) is 105. The number of thioether (sulfide) groups is 1. The molecule has 5 heterocycles. The smallest absolute Gasteiger partial charge is 0.323 e. The summed E-state index contributed by atoms with van der Waals surface area (Å²) in [7, 11) is 3.76. The largest absolute Gasteiger partial charge is 0.508 e. The Labute approximate surface area is 770 Å². The monoisotopic (exact) mass is 1870 g/mol. The van der Waals surface area contributed by atoms with Gasteiger partial charge in [0.2, 0.25) is 106 Å². The number of aliphatic hydroxyl groups excluding tert-OH is 2. The van der Waals surface area contributed by atoms with E-state index in [-0.39, 0.29) is 70.2 Å². The van der Waals surface area contributed by atoms with Crippen LogP contribution in [0.3, 0.4) is 0 Å². The van der Waals surface area contributed by atoms with Crippen molar-refractivity contribution in [3.8, 4) is 5.75 Å². The van der Waals surface area contributed by atoms with Crippen molar-refractivity contribution < 1.29 is 112 Å². The van der Waals surface area contributed by atoms with E-state index in [1.165, 1.54) is 69.3 Å². The number of phenolic OH excluding ortho intramolecular Hbond substituents is 1. The average Bonchev–Trinajstić information content (AvgIpc) is 1.64. The van der Waals surface area contributed by atoms with Crippen molar-refractivity contribution in [1.29, 1.82) is 0 Å². The number of nitrogens with zero attached hydrogens (tertiary/aromatic N) is 6. The number of hydrogen-bond donors (Lipinski definition) is 20. The van der Waals surface area contributed by atoms with Crippen LogP contribution in [0.5, 0.6) is 5.75 Å². The second-order valence-corrected chi connectivity index (χ2v) is 34.3. The first-order valence-electron chi connectivity index (χ1n) is 43.9. The predicted molar refractivity (Wildman–Crippen MR) is 481 cm³/mol. The van der Waals surface area contributed by atoms with Gasteiger partial charge in [-0.3, -0.25) is 91.1 Å². The summed E-state index contributed by atoms with van der Waals surface area (Å²) < 4.78 is 1.39. The molecule has 18 amide bonds. The van der Waals surface area contributed by atoms with Crippen molar-refractivity contribution in [3.63, 3.8) is 0 Å². The molecule has 0 aliphatic carbocycles. The Bertz CT molecular complexity index is 5070. The van der Waals surface area contributed by atoms with Gasteiger partial charge >= 0.3 is 5.97 Å². The number of nitrogens with two attached hydrogens (primary N) is 5. The van der Waals surface area contributed by atoms with Crippen molar-refractivity contribution in [3.05, 3.63) is 102 Å². The van der Waals surface area contributed by atoms with E-state index >= 15 is 33.6 Å². The number of para-hydroxylation sites is 2. The number of aromatic nitrogens is 2. The van der Waals surface area contributed by atoms with Gasteiger partial charge in [0.05, 0.1) is 31.4 Å². The number of carboxylic acid groups (broad SMARTS) is 1. The molecule has 3 aliphatic rings. The standard InChI is InChI=1S/C87H122N22O23S/c1-7-9-19-65-80(125)96-55(29-30-88)76(121)103-63(75(120)94-39-71(92)115)44-133-45-72(116)95-58(32-47-23-25-50(111)26-24-47)83(128)104(4)46(3)74(119)99-60(36-70(91)114)86(131)108-31-15-22-66(108)81(126)101-61(37-89)78(123)97-56(27-28-69(90)113)85(130)109-41-51(112)35-68(109)82(127)98-57(33-48-38-93-54-18-13-11-16-52(48)54)77(122)102-62(43-110)79(124)100-59(84(129)106(6)67(20-10-8-2)87(132)105(65)5)34-49-40-107(42-73(117)118)64-21-14-12-17-53(49)64/h11-14,16-18,21,23-26,38,40,46,51,55-63,65-68,93,110-112H,7-10,15,19-20,22,27-37,39,41-45,88-89H2,1-6H3,(H2,90,113)(H2,91,114)(H2,92,115)(H,94,120)(H,95,116)(H,96,125)(H,97,123)(H,98,127)(H,99,119)(H,100,124)(H,101,126)(H,102,122)(H,103,121)(H,117,118)/t46-,51+,55-,56-,57-,58-,59-,60-,61-,62-,63-,65-,66-,67-,68-/m0/s1. The maximum Gasteiger partial charge on any atom is 0.323 e. The predicted octanol–water partition coefficient (Wildman–Crippen LogP) is -6.07. The number of aromatic amines is 1. The van der Waals surface area contributed by atoms with Gasteiger partial charge in [-0.2, -0.15) is 0 Å². The van der Waals surface area contributed by atoms with Crippen molar-refractivity contribution in [2.45, 2.75) is 221 Å². The van der Waals surface area contributed by atoms with E-state index in [1.54, 1.807) is 62.4 Å². The minimum absolute atomic E-state index is 0.0509. The minimum Gasteiger partial charge on any atom is -0.508 e. The summed E-state index contributed by atoms with van der Waals surface area (Å²) in [6.07, 6.45) is -1.02. The number of nitrogens with one attached hydrogen (secondary N) is 11. The zero-order valence-corrected chi connectivity index (χ0v) is 75.8. The maximum atomic E-state index is 15.8. The maximum absolute atomic E-state index is 15.8. The van der Waals surface area contributed by atoms with E-state index in [0.29, 0.717) is 57.8 Å².